The van der Waals surface area contributed by atoms with Gasteiger partial charge in [-0.25, -0.2) is 0 Å². The first kappa shape index (κ1) is 15.5. The van der Waals surface area contributed by atoms with E-state index in [4.69, 9.17) is 0 Å². The number of rotatable bonds is 3. The van der Waals surface area contributed by atoms with Crippen LogP contribution >= 0.6 is 0 Å². The van der Waals surface area contributed by atoms with Crippen LogP contribution in [0.2, 0.25) is 0 Å². The minimum absolute atomic E-state index is 0.00826. The first-order chi connectivity index (χ1) is 9.70. The largest absolute Gasteiger partial charge is 0.416 e. The summed E-state index contributed by atoms with van der Waals surface area (Å²) in [5, 5.41) is 0. The second kappa shape index (κ2) is 5.50. The van der Waals surface area contributed by atoms with Crippen molar-refractivity contribution in [3.63, 3.8) is 0 Å². The molecule has 0 aliphatic carbocycles. The van der Waals surface area contributed by atoms with Crippen LogP contribution in [-0.2, 0) is 15.8 Å². The molecule has 1 aromatic rings. The summed E-state index contributed by atoms with van der Waals surface area (Å²) in [4.78, 5) is 25.1. The Balaban J connectivity index is 2.30. The zero-order valence-electron chi connectivity index (χ0n) is 11.8. The third-order valence-corrected chi connectivity index (χ3v) is 3.43. The molecule has 2 amide bonds. The summed E-state index contributed by atoms with van der Waals surface area (Å²) in [6, 6.07) is 4.31. The van der Waals surface area contributed by atoms with Gasteiger partial charge in [-0.15, -0.1) is 0 Å². The van der Waals surface area contributed by atoms with Crippen molar-refractivity contribution >= 4 is 17.5 Å². The molecule has 1 atom stereocenters. The van der Waals surface area contributed by atoms with Crippen LogP contribution in [0.4, 0.5) is 18.9 Å². The number of carbonyl (C=O) groups is 2. The van der Waals surface area contributed by atoms with Crippen LogP contribution in [-0.4, -0.2) is 11.8 Å². The van der Waals surface area contributed by atoms with Crippen molar-refractivity contribution < 1.29 is 22.8 Å². The number of carbonyl (C=O) groups excluding carboxylic acids is 2. The summed E-state index contributed by atoms with van der Waals surface area (Å²) in [7, 11) is 0. The molecule has 21 heavy (non-hydrogen) atoms. The van der Waals surface area contributed by atoms with Gasteiger partial charge < -0.3 is 0 Å². The van der Waals surface area contributed by atoms with Crippen LogP contribution in [0.25, 0.3) is 0 Å². The summed E-state index contributed by atoms with van der Waals surface area (Å²) in [6.07, 6.45) is -3.88. The van der Waals surface area contributed by atoms with Gasteiger partial charge in [-0.3, -0.25) is 14.5 Å². The third kappa shape index (κ3) is 3.25. The van der Waals surface area contributed by atoms with E-state index in [0.717, 1.165) is 17.0 Å². The van der Waals surface area contributed by atoms with Gasteiger partial charge in [-0.2, -0.15) is 13.2 Å². The van der Waals surface area contributed by atoms with Crippen LogP contribution < -0.4 is 4.90 Å². The Morgan fingerprint density at radius 1 is 1.29 bits per heavy atom. The Morgan fingerprint density at radius 3 is 2.52 bits per heavy atom. The molecule has 0 N–H and O–H groups in total. The van der Waals surface area contributed by atoms with Crippen LogP contribution in [0, 0.1) is 11.8 Å². The molecule has 1 unspecified atom stereocenters. The number of hydrogen-bond acceptors (Lipinski definition) is 2. The standard InChI is InChI=1S/C15H16F3NO2/c1-9(2)6-10-7-13(20)19(14(10)21)12-5-3-4-11(8-12)15(16,17)18/h3-5,8-10H,6-7H2,1-2H3. The van der Waals surface area contributed by atoms with E-state index in [-0.39, 0.29) is 18.0 Å². The maximum Gasteiger partial charge on any atom is 0.416 e. The molecule has 2 rings (SSSR count). The highest BCUT2D eigenvalue weighted by Crippen LogP contribution is 2.35. The average Bonchev–Trinajstić information content (AvgIpc) is 2.63. The predicted molar refractivity (Wildman–Crippen MR) is 71.5 cm³/mol. The highest BCUT2D eigenvalue weighted by molar-refractivity contribution is 6.20. The summed E-state index contributed by atoms with van der Waals surface area (Å²) >= 11 is 0. The SMILES string of the molecule is CC(C)CC1CC(=O)N(c2cccc(C(F)(F)F)c2)C1=O. The zero-order chi connectivity index (χ0) is 15.8. The fourth-order valence-electron chi connectivity index (χ4n) is 2.54. The summed E-state index contributed by atoms with van der Waals surface area (Å²) < 4.78 is 38.1. The van der Waals surface area contributed by atoms with Crippen molar-refractivity contribution in [1.82, 2.24) is 0 Å². The fraction of sp³-hybridized carbons (Fsp3) is 0.467. The summed E-state index contributed by atoms with van der Waals surface area (Å²) in [5.41, 5.74) is -0.876. The molecule has 3 nitrogen and oxygen atoms in total. The number of hydrogen-bond donors (Lipinski definition) is 0. The number of halogens is 3. The van der Waals surface area contributed by atoms with Gasteiger partial charge in [0, 0.05) is 12.3 Å². The second-order valence-electron chi connectivity index (χ2n) is 5.65. The smallest absolute Gasteiger partial charge is 0.274 e. The lowest BCUT2D eigenvalue weighted by Crippen LogP contribution is -2.31. The number of nitrogens with zero attached hydrogens (tertiary/aromatic N) is 1. The van der Waals surface area contributed by atoms with Crippen LogP contribution in [0.5, 0.6) is 0 Å². The molecule has 1 aliphatic heterocycles. The van der Waals surface area contributed by atoms with Crippen molar-refractivity contribution in [1.29, 1.82) is 0 Å². The topological polar surface area (TPSA) is 37.4 Å². The zero-order valence-corrected chi connectivity index (χ0v) is 11.8. The predicted octanol–water partition coefficient (Wildman–Crippen LogP) is 3.63. The minimum Gasteiger partial charge on any atom is -0.274 e. The van der Waals surface area contributed by atoms with Gasteiger partial charge in [0.15, 0.2) is 0 Å². The lowest BCUT2D eigenvalue weighted by molar-refractivity contribution is -0.137. The second-order valence-corrected chi connectivity index (χ2v) is 5.65. The van der Waals surface area contributed by atoms with Gasteiger partial charge in [-0.1, -0.05) is 19.9 Å². The number of amides is 2. The number of alkyl halides is 3. The number of anilines is 1. The van der Waals surface area contributed by atoms with Crippen molar-refractivity contribution in [2.24, 2.45) is 11.8 Å². The van der Waals surface area contributed by atoms with E-state index >= 15 is 0 Å². The van der Waals surface area contributed by atoms with E-state index < -0.39 is 29.5 Å². The molecular formula is C15H16F3NO2. The number of imide groups is 1. The summed E-state index contributed by atoms with van der Waals surface area (Å²) in [6.45, 7) is 3.87. The molecular weight excluding hydrogens is 283 g/mol. The molecule has 114 valence electrons. The van der Waals surface area contributed by atoms with Gasteiger partial charge in [0.1, 0.15) is 0 Å². The van der Waals surface area contributed by atoms with E-state index in [1.54, 1.807) is 0 Å². The molecule has 1 saturated heterocycles. The van der Waals surface area contributed by atoms with E-state index in [0.29, 0.717) is 6.42 Å². The molecule has 0 saturated carbocycles. The highest BCUT2D eigenvalue weighted by Gasteiger charge is 2.40. The Kier molecular flexibility index (Phi) is 4.07. The first-order valence-electron chi connectivity index (χ1n) is 6.74. The van der Waals surface area contributed by atoms with Gasteiger partial charge in [0.25, 0.3) is 0 Å². The van der Waals surface area contributed by atoms with E-state index in [9.17, 15) is 22.8 Å². The molecule has 0 radical (unpaired) electrons. The molecule has 1 aliphatic rings. The molecule has 0 spiro atoms. The molecule has 1 fully saturated rings. The molecule has 1 aromatic carbocycles. The van der Waals surface area contributed by atoms with Gasteiger partial charge >= 0.3 is 6.18 Å². The normalized spacial score (nSPS) is 19.7. The first-order valence-corrected chi connectivity index (χ1v) is 6.74. The highest BCUT2D eigenvalue weighted by atomic mass is 19.4. The molecule has 1 heterocycles. The van der Waals surface area contributed by atoms with Gasteiger partial charge in [-0.05, 0) is 30.5 Å². The quantitative estimate of drug-likeness (QED) is 0.799. The Morgan fingerprint density at radius 2 is 1.95 bits per heavy atom. The van der Waals surface area contributed by atoms with Crippen LogP contribution in [0.15, 0.2) is 24.3 Å². The van der Waals surface area contributed by atoms with Crippen LogP contribution in [0.1, 0.15) is 32.3 Å². The van der Waals surface area contributed by atoms with Crippen molar-refractivity contribution in [3.05, 3.63) is 29.8 Å². The monoisotopic (exact) mass is 299 g/mol. The van der Waals surface area contributed by atoms with Crippen LogP contribution in [0.3, 0.4) is 0 Å². The van der Waals surface area contributed by atoms with E-state index in [2.05, 4.69) is 0 Å². The lowest BCUT2D eigenvalue weighted by Gasteiger charge is -2.17. The fourth-order valence-corrected chi connectivity index (χ4v) is 2.54. The average molecular weight is 299 g/mol. The molecule has 0 aromatic heterocycles. The molecule has 0 bridgehead atoms. The van der Waals surface area contributed by atoms with Crippen molar-refractivity contribution in [3.8, 4) is 0 Å². The summed E-state index contributed by atoms with van der Waals surface area (Å²) in [5.74, 6) is -1.04. The molecule has 6 heteroatoms. The third-order valence-electron chi connectivity index (χ3n) is 3.43. The van der Waals surface area contributed by atoms with Crippen molar-refractivity contribution in [2.45, 2.75) is 32.9 Å². The lowest BCUT2D eigenvalue weighted by atomic mass is 9.96. The Bertz CT molecular complexity index is 566. The van der Waals surface area contributed by atoms with Gasteiger partial charge in [0.2, 0.25) is 11.8 Å². The van der Waals surface area contributed by atoms with E-state index in [1.807, 2.05) is 13.8 Å². The Labute approximate surface area is 120 Å². The maximum absolute atomic E-state index is 12.7. The Hall–Kier alpha value is -1.85. The van der Waals surface area contributed by atoms with Crippen molar-refractivity contribution in [2.75, 3.05) is 4.90 Å². The minimum atomic E-state index is -4.50. The van der Waals surface area contributed by atoms with Gasteiger partial charge in [0.05, 0.1) is 11.3 Å². The maximum atomic E-state index is 12.7. The van der Waals surface area contributed by atoms with E-state index in [1.165, 1.54) is 12.1 Å². The number of benzene rings is 1.